The third-order valence-corrected chi connectivity index (χ3v) is 7.47. The van der Waals surface area contributed by atoms with Crippen molar-refractivity contribution in [3.05, 3.63) is 41.2 Å². The summed E-state index contributed by atoms with van der Waals surface area (Å²) in [5, 5.41) is 16.0. The molecule has 10 heteroatoms. The Hall–Kier alpha value is -1.94. The van der Waals surface area contributed by atoms with Crippen LogP contribution in [0.2, 0.25) is 5.02 Å². The number of ether oxygens (including phenoxy) is 1. The number of hydrogen-bond acceptors (Lipinski definition) is 6. The van der Waals surface area contributed by atoms with Gasteiger partial charge in [-0.15, -0.1) is 0 Å². The standard InChI is InChI=1S/C26H34ClF3N4O2/c27-22-15-31-20(12-17-4-6-19(7-5-17)32-16-24(35)26(28,29)30)13-21(22)23-2-1-3-25(34-23)33-14-18-8-10-36-11-9-18/h1-3,13,15,17-19,24,32,35H,4-12,14,16H2,(H,33,34)/t17?,19?,24-/m1/s1. The van der Waals surface area contributed by atoms with Crippen molar-refractivity contribution in [1.82, 2.24) is 15.3 Å². The summed E-state index contributed by atoms with van der Waals surface area (Å²) in [7, 11) is 0. The highest BCUT2D eigenvalue weighted by atomic mass is 35.5. The lowest BCUT2D eigenvalue weighted by molar-refractivity contribution is -0.202. The Labute approximate surface area is 215 Å². The molecule has 1 aliphatic heterocycles. The second kappa shape index (κ2) is 12.5. The highest BCUT2D eigenvalue weighted by Gasteiger charge is 2.38. The predicted molar refractivity (Wildman–Crippen MR) is 134 cm³/mol. The van der Waals surface area contributed by atoms with Crippen molar-refractivity contribution in [1.29, 1.82) is 0 Å². The Bertz CT molecular complexity index is 980. The van der Waals surface area contributed by atoms with Gasteiger partial charge in [-0.25, -0.2) is 4.98 Å². The summed E-state index contributed by atoms with van der Waals surface area (Å²) in [5.41, 5.74) is 2.56. The Morgan fingerprint density at radius 3 is 2.56 bits per heavy atom. The second-order valence-electron chi connectivity index (χ2n) is 9.89. The van der Waals surface area contributed by atoms with Crippen molar-refractivity contribution < 1.29 is 23.0 Å². The first kappa shape index (κ1) is 27.1. The molecule has 0 radical (unpaired) electrons. The maximum atomic E-state index is 12.5. The van der Waals surface area contributed by atoms with E-state index >= 15 is 0 Å². The molecule has 2 fully saturated rings. The molecule has 3 heterocycles. The van der Waals surface area contributed by atoms with Crippen LogP contribution in [0.15, 0.2) is 30.5 Å². The summed E-state index contributed by atoms with van der Waals surface area (Å²) in [5.74, 6) is 1.80. The monoisotopic (exact) mass is 526 g/mol. The lowest BCUT2D eigenvalue weighted by Gasteiger charge is -2.30. The first-order valence-electron chi connectivity index (χ1n) is 12.7. The van der Waals surface area contributed by atoms with Gasteiger partial charge >= 0.3 is 6.18 Å². The van der Waals surface area contributed by atoms with Crippen molar-refractivity contribution in [2.75, 3.05) is 31.6 Å². The van der Waals surface area contributed by atoms with Gasteiger partial charge in [-0.2, -0.15) is 13.2 Å². The molecule has 1 atom stereocenters. The molecular weight excluding hydrogens is 493 g/mol. The molecule has 0 amide bonds. The molecular formula is C26H34ClF3N4O2. The maximum Gasteiger partial charge on any atom is 0.415 e. The molecule has 1 saturated heterocycles. The van der Waals surface area contributed by atoms with E-state index in [-0.39, 0.29) is 6.04 Å². The Morgan fingerprint density at radius 1 is 1.08 bits per heavy atom. The van der Waals surface area contributed by atoms with Gasteiger partial charge in [-0.1, -0.05) is 17.7 Å². The van der Waals surface area contributed by atoms with E-state index in [0.29, 0.717) is 16.9 Å². The van der Waals surface area contributed by atoms with Crippen molar-refractivity contribution >= 4 is 17.4 Å². The molecule has 2 aromatic heterocycles. The van der Waals surface area contributed by atoms with Crippen LogP contribution in [-0.4, -0.2) is 59.7 Å². The third kappa shape index (κ3) is 7.78. The zero-order chi connectivity index (χ0) is 25.5. The van der Waals surface area contributed by atoms with Crippen LogP contribution in [0, 0.1) is 11.8 Å². The number of halogens is 4. The molecule has 0 bridgehead atoms. The number of nitrogens with zero attached hydrogens (tertiary/aromatic N) is 2. The van der Waals surface area contributed by atoms with Crippen LogP contribution in [0.25, 0.3) is 11.3 Å². The molecule has 3 N–H and O–H groups in total. The molecule has 2 aliphatic rings. The molecule has 1 saturated carbocycles. The minimum Gasteiger partial charge on any atom is -0.382 e. The van der Waals surface area contributed by atoms with Crippen LogP contribution in [0.1, 0.15) is 44.2 Å². The highest BCUT2D eigenvalue weighted by molar-refractivity contribution is 6.33. The van der Waals surface area contributed by atoms with Crippen LogP contribution < -0.4 is 10.6 Å². The first-order valence-corrected chi connectivity index (χ1v) is 13.1. The average molecular weight is 527 g/mol. The summed E-state index contributed by atoms with van der Waals surface area (Å²) >= 11 is 6.49. The number of aliphatic hydroxyl groups is 1. The Morgan fingerprint density at radius 2 is 1.83 bits per heavy atom. The van der Waals surface area contributed by atoms with Gasteiger partial charge in [0.15, 0.2) is 6.10 Å². The fraction of sp³-hybridized carbons (Fsp3) is 0.615. The second-order valence-corrected chi connectivity index (χ2v) is 10.3. The fourth-order valence-electron chi connectivity index (χ4n) is 4.93. The summed E-state index contributed by atoms with van der Waals surface area (Å²) < 4.78 is 43.0. The lowest BCUT2D eigenvalue weighted by atomic mass is 9.83. The van der Waals surface area contributed by atoms with E-state index in [1.165, 1.54) is 0 Å². The van der Waals surface area contributed by atoms with Crippen LogP contribution in [0.3, 0.4) is 0 Å². The topological polar surface area (TPSA) is 79.3 Å². The van der Waals surface area contributed by atoms with Crippen LogP contribution in [-0.2, 0) is 11.2 Å². The number of rotatable bonds is 9. The highest BCUT2D eigenvalue weighted by Crippen LogP contribution is 2.31. The largest absolute Gasteiger partial charge is 0.415 e. The van der Waals surface area contributed by atoms with Crippen molar-refractivity contribution in [3.63, 3.8) is 0 Å². The first-order chi connectivity index (χ1) is 17.3. The van der Waals surface area contributed by atoms with Crippen molar-refractivity contribution in [3.8, 4) is 11.3 Å². The van der Waals surface area contributed by atoms with Gasteiger partial charge in [-0.05, 0) is 75.0 Å². The van der Waals surface area contributed by atoms with Gasteiger partial charge in [0.2, 0.25) is 0 Å². The van der Waals surface area contributed by atoms with E-state index in [4.69, 9.17) is 21.3 Å². The minimum atomic E-state index is -4.59. The SMILES string of the molecule is O[C@H](CNC1CCC(Cc2cc(-c3cccc(NCC4CCOCC4)n3)c(Cl)cn2)CC1)C(F)(F)F. The zero-order valence-corrected chi connectivity index (χ0v) is 21.0. The molecule has 1 aliphatic carbocycles. The fourth-order valence-corrected chi connectivity index (χ4v) is 5.13. The van der Waals surface area contributed by atoms with E-state index in [1.54, 1.807) is 6.20 Å². The number of pyridine rings is 2. The number of anilines is 1. The minimum absolute atomic E-state index is 0.00689. The number of aliphatic hydroxyl groups excluding tert-OH is 1. The van der Waals surface area contributed by atoms with Gasteiger partial charge < -0.3 is 20.5 Å². The number of hydrogen-bond donors (Lipinski definition) is 3. The van der Waals surface area contributed by atoms with E-state index in [0.717, 1.165) is 87.5 Å². The van der Waals surface area contributed by atoms with E-state index in [2.05, 4.69) is 15.6 Å². The van der Waals surface area contributed by atoms with Crippen molar-refractivity contribution in [2.45, 2.75) is 63.3 Å². The summed E-state index contributed by atoms with van der Waals surface area (Å²) in [6.45, 7) is 2.03. The molecule has 198 valence electrons. The Kier molecular flexibility index (Phi) is 9.44. The average Bonchev–Trinajstić information content (AvgIpc) is 2.88. The van der Waals surface area contributed by atoms with Crippen LogP contribution >= 0.6 is 11.6 Å². The quantitative estimate of drug-likeness (QED) is 0.414. The summed E-state index contributed by atoms with van der Waals surface area (Å²) in [6, 6.07) is 7.86. The normalized spacial score (nSPS) is 22.4. The molecule has 6 nitrogen and oxygen atoms in total. The van der Waals surface area contributed by atoms with Crippen molar-refractivity contribution in [2.24, 2.45) is 11.8 Å². The zero-order valence-electron chi connectivity index (χ0n) is 20.2. The number of alkyl halides is 3. The molecule has 4 rings (SSSR count). The molecule has 36 heavy (non-hydrogen) atoms. The van der Waals surface area contributed by atoms with Gasteiger partial charge in [0, 0.05) is 49.8 Å². The van der Waals surface area contributed by atoms with E-state index < -0.39 is 18.8 Å². The predicted octanol–water partition coefficient (Wildman–Crippen LogP) is 5.25. The van der Waals surface area contributed by atoms with Gasteiger partial charge in [0.25, 0.3) is 0 Å². The molecule has 0 spiro atoms. The molecule has 0 aromatic carbocycles. The summed E-state index contributed by atoms with van der Waals surface area (Å²) in [4.78, 5) is 9.30. The summed E-state index contributed by atoms with van der Waals surface area (Å²) in [6.07, 6.45) is 0.988. The maximum absolute atomic E-state index is 12.5. The van der Waals surface area contributed by atoms with Gasteiger partial charge in [0.05, 0.1) is 10.7 Å². The van der Waals surface area contributed by atoms with Gasteiger partial charge in [0.1, 0.15) is 5.82 Å². The van der Waals surface area contributed by atoms with Gasteiger partial charge in [-0.3, -0.25) is 4.98 Å². The smallest absolute Gasteiger partial charge is 0.382 e. The van der Waals surface area contributed by atoms with Crippen LogP contribution in [0.5, 0.6) is 0 Å². The number of aromatic nitrogens is 2. The number of nitrogens with one attached hydrogen (secondary N) is 2. The molecule has 0 unspecified atom stereocenters. The van der Waals surface area contributed by atoms with Crippen LogP contribution in [0.4, 0.5) is 19.0 Å². The third-order valence-electron chi connectivity index (χ3n) is 7.17. The lowest BCUT2D eigenvalue weighted by Crippen LogP contribution is -2.43. The van der Waals surface area contributed by atoms with E-state index in [1.807, 2.05) is 24.3 Å². The Balaban J connectivity index is 1.31. The van der Waals surface area contributed by atoms with E-state index in [9.17, 15) is 18.3 Å². The molecule has 2 aromatic rings.